The van der Waals surface area contributed by atoms with Gasteiger partial charge in [-0.25, -0.2) is 12.8 Å². The first-order valence-corrected chi connectivity index (χ1v) is 10.8. The quantitative estimate of drug-likeness (QED) is 0.723. The summed E-state index contributed by atoms with van der Waals surface area (Å²) in [6.07, 6.45) is -4.39. The SMILES string of the molecule is O=C1NC2(CCN(S(=O)(=O)c3cccc(C(F)(F)F)c3)CC2)N=C1c1cccc(F)c1. The normalized spacial score (nSPS) is 19.4. The van der Waals surface area contributed by atoms with E-state index in [0.717, 1.165) is 22.5 Å². The molecule has 6 nitrogen and oxygen atoms in total. The molecule has 1 saturated heterocycles. The molecule has 164 valence electrons. The topological polar surface area (TPSA) is 78.8 Å². The van der Waals surface area contributed by atoms with Crippen molar-refractivity contribution in [2.45, 2.75) is 29.6 Å². The van der Waals surface area contributed by atoms with Crippen LogP contribution in [-0.4, -0.2) is 43.1 Å². The highest BCUT2D eigenvalue weighted by molar-refractivity contribution is 7.89. The van der Waals surface area contributed by atoms with E-state index in [4.69, 9.17) is 0 Å². The van der Waals surface area contributed by atoms with Crippen molar-refractivity contribution in [1.82, 2.24) is 9.62 Å². The molecule has 0 aliphatic carbocycles. The van der Waals surface area contributed by atoms with Gasteiger partial charge in [0.1, 0.15) is 17.2 Å². The Hall–Kier alpha value is -2.79. The number of aliphatic imine (C=N–C) groups is 1. The Labute approximate surface area is 175 Å². The van der Waals surface area contributed by atoms with Gasteiger partial charge in [-0.15, -0.1) is 0 Å². The average molecular weight is 455 g/mol. The van der Waals surface area contributed by atoms with Gasteiger partial charge >= 0.3 is 6.18 Å². The molecule has 0 atom stereocenters. The third-order valence-corrected chi connectivity index (χ3v) is 7.23. The number of halogens is 4. The van der Waals surface area contributed by atoms with Crippen LogP contribution in [0.3, 0.4) is 0 Å². The van der Waals surface area contributed by atoms with E-state index in [-0.39, 0.29) is 31.6 Å². The minimum atomic E-state index is -4.66. The fourth-order valence-corrected chi connectivity index (χ4v) is 5.20. The smallest absolute Gasteiger partial charge is 0.326 e. The van der Waals surface area contributed by atoms with Gasteiger partial charge in [0.15, 0.2) is 0 Å². The number of alkyl halides is 3. The monoisotopic (exact) mass is 455 g/mol. The van der Waals surface area contributed by atoms with Crippen LogP contribution in [0.2, 0.25) is 0 Å². The average Bonchev–Trinajstić information content (AvgIpc) is 3.03. The number of rotatable bonds is 3. The number of sulfonamides is 1. The molecule has 2 aromatic rings. The number of nitrogens with one attached hydrogen (secondary N) is 1. The predicted octanol–water partition coefficient (Wildman–Crippen LogP) is 2.94. The summed E-state index contributed by atoms with van der Waals surface area (Å²) in [5, 5.41) is 2.74. The summed E-state index contributed by atoms with van der Waals surface area (Å²) < 4.78 is 79.1. The van der Waals surface area contributed by atoms with Crippen LogP contribution in [0.5, 0.6) is 0 Å². The van der Waals surface area contributed by atoms with Crippen LogP contribution >= 0.6 is 0 Å². The van der Waals surface area contributed by atoms with Crippen molar-refractivity contribution in [3.05, 3.63) is 65.5 Å². The Kier molecular flexibility index (Phi) is 5.13. The van der Waals surface area contributed by atoms with Crippen LogP contribution in [-0.2, 0) is 21.0 Å². The Morgan fingerprint density at radius 1 is 1.03 bits per heavy atom. The van der Waals surface area contributed by atoms with E-state index in [0.29, 0.717) is 11.6 Å². The van der Waals surface area contributed by atoms with Crippen LogP contribution < -0.4 is 5.32 Å². The molecule has 1 N–H and O–H groups in total. The molecule has 1 fully saturated rings. The summed E-state index contributed by atoms with van der Waals surface area (Å²) in [5.74, 6) is -1.00. The number of carbonyl (C=O) groups is 1. The number of hydrogen-bond donors (Lipinski definition) is 1. The highest BCUT2D eigenvalue weighted by atomic mass is 32.2. The summed E-state index contributed by atoms with van der Waals surface area (Å²) in [4.78, 5) is 16.4. The first-order valence-electron chi connectivity index (χ1n) is 9.36. The van der Waals surface area contributed by atoms with Gasteiger partial charge < -0.3 is 5.32 Å². The zero-order chi connectivity index (χ0) is 22.4. The maximum atomic E-state index is 13.5. The molecule has 11 heteroatoms. The molecule has 1 amide bonds. The van der Waals surface area contributed by atoms with Crippen LogP contribution in [0.4, 0.5) is 17.6 Å². The van der Waals surface area contributed by atoms with Gasteiger partial charge in [0, 0.05) is 31.5 Å². The largest absolute Gasteiger partial charge is 0.416 e. The lowest BCUT2D eigenvalue weighted by Gasteiger charge is -2.36. The second kappa shape index (κ2) is 7.41. The van der Waals surface area contributed by atoms with Crippen LogP contribution in [0.15, 0.2) is 58.4 Å². The van der Waals surface area contributed by atoms with Crippen molar-refractivity contribution >= 4 is 21.6 Å². The Morgan fingerprint density at radius 3 is 2.35 bits per heavy atom. The van der Waals surface area contributed by atoms with Gasteiger partial charge in [0.2, 0.25) is 10.0 Å². The molecule has 0 saturated carbocycles. The van der Waals surface area contributed by atoms with Crippen LogP contribution in [0.1, 0.15) is 24.0 Å². The standard InChI is InChI=1S/C20H17F4N3O3S/c21-15-5-1-3-13(11-15)17-18(28)26-19(25-17)7-9-27(10-8-19)31(29,30)16-6-2-4-14(12-16)20(22,23)24/h1-6,11-12H,7-10H2,(H,26,28). The first kappa shape index (κ1) is 21.4. The minimum Gasteiger partial charge on any atom is -0.326 e. The van der Waals surface area contributed by atoms with E-state index < -0.39 is 44.0 Å². The second-order valence-corrected chi connectivity index (χ2v) is 9.32. The number of piperidine rings is 1. The van der Waals surface area contributed by atoms with Crippen molar-refractivity contribution in [2.75, 3.05) is 13.1 Å². The number of hydrogen-bond acceptors (Lipinski definition) is 4. The van der Waals surface area contributed by atoms with E-state index in [1.807, 2.05) is 0 Å². The Bertz CT molecular complexity index is 1170. The molecule has 0 aromatic heterocycles. The van der Waals surface area contributed by atoms with Crippen molar-refractivity contribution in [1.29, 1.82) is 0 Å². The third kappa shape index (κ3) is 4.07. The van der Waals surface area contributed by atoms with Gasteiger partial charge in [0.05, 0.1) is 10.5 Å². The summed E-state index contributed by atoms with van der Waals surface area (Å²) in [5.41, 5.74) is -1.70. The number of nitrogens with zero attached hydrogens (tertiary/aromatic N) is 2. The van der Waals surface area contributed by atoms with Gasteiger partial charge in [-0.05, 0) is 30.3 Å². The molecule has 0 bridgehead atoms. The number of carbonyl (C=O) groups excluding carboxylic acids is 1. The summed E-state index contributed by atoms with van der Waals surface area (Å²) in [7, 11) is -4.15. The fraction of sp³-hybridized carbons (Fsp3) is 0.300. The maximum absolute atomic E-state index is 13.5. The van der Waals surface area contributed by atoms with Crippen molar-refractivity contribution in [3.8, 4) is 0 Å². The first-order chi connectivity index (χ1) is 14.5. The van der Waals surface area contributed by atoms with Gasteiger partial charge in [-0.2, -0.15) is 17.5 Å². The van der Waals surface area contributed by atoms with Crippen LogP contribution in [0.25, 0.3) is 0 Å². The summed E-state index contributed by atoms with van der Waals surface area (Å²) in [6, 6.07) is 9.01. The number of amides is 1. The van der Waals surface area contributed by atoms with E-state index in [1.165, 1.54) is 18.2 Å². The molecule has 0 unspecified atom stereocenters. The molecular weight excluding hydrogens is 438 g/mol. The highest BCUT2D eigenvalue weighted by Crippen LogP contribution is 2.34. The molecule has 2 heterocycles. The molecular formula is C20H17F4N3O3S. The molecule has 2 aliphatic rings. The van der Waals surface area contributed by atoms with Gasteiger partial charge in [0.25, 0.3) is 5.91 Å². The molecule has 31 heavy (non-hydrogen) atoms. The van der Waals surface area contributed by atoms with E-state index in [1.54, 1.807) is 6.07 Å². The zero-order valence-electron chi connectivity index (χ0n) is 16.0. The lowest BCUT2D eigenvalue weighted by molar-refractivity contribution is -0.137. The molecule has 4 rings (SSSR count). The fourth-order valence-electron chi connectivity index (χ4n) is 3.71. The summed E-state index contributed by atoms with van der Waals surface area (Å²) in [6.45, 7) is -0.0857. The maximum Gasteiger partial charge on any atom is 0.416 e. The molecule has 2 aromatic carbocycles. The van der Waals surface area contributed by atoms with E-state index >= 15 is 0 Å². The lowest BCUT2D eigenvalue weighted by Crippen LogP contribution is -2.52. The Balaban J connectivity index is 1.54. The third-order valence-electron chi connectivity index (χ3n) is 5.33. The second-order valence-electron chi connectivity index (χ2n) is 7.39. The Morgan fingerprint density at radius 2 is 1.71 bits per heavy atom. The van der Waals surface area contributed by atoms with Gasteiger partial charge in [-0.1, -0.05) is 18.2 Å². The van der Waals surface area contributed by atoms with E-state index in [9.17, 15) is 30.8 Å². The molecule has 0 radical (unpaired) electrons. The van der Waals surface area contributed by atoms with Crippen molar-refractivity contribution in [3.63, 3.8) is 0 Å². The highest BCUT2D eigenvalue weighted by Gasteiger charge is 2.44. The molecule has 1 spiro atoms. The predicted molar refractivity (Wildman–Crippen MR) is 103 cm³/mol. The lowest BCUT2D eigenvalue weighted by atomic mass is 10.00. The number of benzene rings is 2. The van der Waals surface area contributed by atoms with Crippen molar-refractivity contribution in [2.24, 2.45) is 4.99 Å². The zero-order valence-corrected chi connectivity index (χ0v) is 16.8. The van der Waals surface area contributed by atoms with E-state index in [2.05, 4.69) is 10.3 Å². The minimum absolute atomic E-state index is 0.0429. The van der Waals surface area contributed by atoms with Crippen molar-refractivity contribution < 1.29 is 30.8 Å². The summed E-state index contributed by atoms with van der Waals surface area (Å²) >= 11 is 0. The van der Waals surface area contributed by atoms with Crippen LogP contribution in [0, 0.1) is 5.82 Å². The van der Waals surface area contributed by atoms with Gasteiger partial charge in [-0.3, -0.25) is 9.79 Å². The molecule has 2 aliphatic heterocycles.